The highest BCUT2D eigenvalue weighted by Crippen LogP contribution is 2.26. The summed E-state index contributed by atoms with van der Waals surface area (Å²) in [7, 11) is -2.59. The van der Waals surface area contributed by atoms with Crippen molar-refractivity contribution in [1.82, 2.24) is 4.72 Å². The van der Waals surface area contributed by atoms with Crippen molar-refractivity contribution >= 4 is 33.2 Å². The average molecular weight is 383 g/mol. The van der Waals surface area contributed by atoms with E-state index < -0.39 is 22.5 Å². The predicted octanol–water partition coefficient (Wildman–Crippen LogP) is 2.88. The number of anilines is 1. The molecule has 6 nitrogen and oxygen atoms in total. The van der Waals surface area contributed by atoms with Crippen LogP contribution in [0.25, 0.3) is 0 Å². The maximum Gasteiger partial charge on any atom is 0.244 e. The molecular formula is C17H19ClN2O4S. The molecule has 0 saturated heterocycles. The number of ether oxygens (including phenoxy) is 1. The van der Waals surface area contributed by atoms with Gasteiger partial charge >= 0.3 is 0 Å². The van der Waals surface area contributed by atoms with E-state index in [1.807, 2.05) is 19.9 Å². The fourth-order valence-electron chi connectivity index (χ4n) is 2.35. The Balaban J connectivity index is 2.09. The zero-order valence-electron chi connectivity index (χ0n) is 14.1. The number of benzene rings is 2. The molecule has 0 atom stereocenters. The molecule has 2 rings (SSSR count). The van der Waals surface area contributed by atoms with Crippen molar-refractivity contribution in [1.29, 1.82) is 0 Å². The summed E-state index contributed by atoms with van der Waals surface area (Å²) in [5.41, 5.74) is 2.61. The van der Waals surface area contributed by atoms with E-state index in [2.05, 4.69) is 10.0 Å². The van der Waals surface area contributed by atoms with Gasteiger partial charge < -0.3 is 10.1 Å². The number of amides is 1. The zero-order valence-corrected chi connectivity index (χ0v) is 15.7. The molecule has 0 aliphatic carbocycles. The second-order valence-electron chi connectivity index (χ2n) is 5.54. The van der Waals surface area contributed by atoms with Gasteiger partial charge in [0.2, 0.25) is 15.9 Å². The van der Waals surface area contributed by atoms with E-state index in [1.165, 1.54) is 25.3 Å². The van der Waals surface area contributed by atoms with Crippen LogP contribution >= 0.6 is 11.6 Å². The maximum absolute atomic E-state index is 12.4. The van der Waals surface area contributed by atoms with Gasteiger partial charge in [0.05, 0.1) is 13.7 Å². The van der Waals surface area contributed by atoms with Crippen LogP contribution in [0.2, 0.25) is 5.02 Å². The lowest BCUT2D eigenvalue weighted by Gasteiger charge is -2.12. The van der Waals surface area contributed by atoms with E-state index in [9.17, 15) is 13.2 Å². The topological polar surface area (TPSA) is 84.5 Å². The molecule has 0 heterocycles. The Morgan fingerprint density at radius 1 is 1.12 bits per heavy atom. The highest BCUT2D eigenvalue weighted by molar-refractivity contribution is 7.89. The minimum absolute atomic E-state index is 0.123. The molecule has 0 fully saturated rings. The van der Waals surface area contributed by atoms with Crippen LogP contribution in [0.5, 0.6) is 5.75 Å². The standard InChI is InChI=1S/C17H19ClN2O4S/c1-11-6-12(2)8-14(7-11)20-17(21)10-19-25(22,23)16-9-13(18)4-5-15(16)24-3/h4-9,19H,10H2,1-3H3,(H,20,21). The summed E-state index contributed by atoms with van der Waals surface area (Å²) in [6.45, 7) is 3.42. The van der Waals surface area contributed by atoms with E-state index in [-0.39, 0.29) is 15.7 Å². The van der Waals surface area contributed by atoms with Crippen molar-refractivity contribution in [3.8, 4) is 5.75 Å². The van der Waals surface area contributed by atoms with Gasteiger partial charge in [0.15, 0.2) is 0 Å². The lowest BCUT2D eigenvalue weighted by atomic mass is 10.1. The highest BCUT2D eigenvalue weighted by atomic mass is 35.5. The van der Waals surface area contributed by atoms with Gasteiger partial charge in [-0.05, 0) is 55.3 Å². The van der Waals surface area contributed by atoms with Crippen molar-refractivity contribution < 1.29 is 17.9 Å². The molecule has 1 amide bonds. The summed E-state index contributed by atoms with van der Waals surface area (Å²) >= 11 is 5.85. The first kappa shape index (κ1) is 19.2. The number of hydrogen-bond acceptors (Lipinski definition) is 4. The van der Waals surface area contributed by atoms with Gasteiger partial charge in [0.25, 0.3) is 0 Å². The largest absolute Gasteiger partial charge is 0.495 e. The van der Waals surface area contributed by atoms with Gasteiger partial charge in [-0.1, -0.05) is 17.7 Å². The first-order valence-electron chi connectivity index (χ1n) is 7.42. The van der Waals surface area contributed by atoms with Gasteiger partial charge in [-0.2, -0.15) is 0 Å². The van der Waals surface area contributed by atoms with Crippen LogP contribution in [0.3, 0.4) is 0 Å². The minimum Gasteiger partial charge on any atom is -0.495 e. The van der Waals surface area contributed by atoms with Gasteiger partial charge in [0.1, 0.15) is 10.6 Å². The van der Waals surface area contributed by atoms with Gasteiger partial charge in [-0.25, -0.2) is 13.1 Å². The number of aryl methyl sites for hydroxylation is 2. The number of nitrogens with one attached hydrogen (secondary N) is 2. The van der Waals surface area contributed by atoms with Crippen molar-refractivity contribution in [2.24, 2.45) is 0 Å². The molecule has 0 aliphatic heterocycles. The van der Waals surface area contributed by atoms with Crippen LogP contribution in [0.1, 0.15) is 11.1 Å². The second kappa shape index (κ2) is 7.86. The van der Waals surface area contributed by atoms with E-state index in [0.29, 0.717) is 5.69 Å². The molecule has 8 heteroatoms. The Morgan fingerprint density at radius 2 is 1.76 bits per heavy atom. The summed E-state index contributed by atoms with van der Waals surface area (Å²) in [4.78, 5) is 11.9. The molecule has 2 aromatic rings. The summed E-state index contributed by atoms with van der Waals surface area (Å²) in [5, 5.41) is 2.92. The van der Waals surface area contributed by atoms with Crippen LogP contribution in [0.15, 0.2) is 41.3 Å². The Morgan fingerprint density at radius 3 is 2.36 bits per heavy atom. The summed E-state index contributed by atoms with van der Waals surface area (Å²) < 4.78 is 32.1. The van der Waals surface area contributed by atoms with Crippen LogP contribution in [-0.2, 0) is 14.8 Å². The van der Waals surface area contributed by atoms with Crippen molar-refractivity contribution in [3.05, 3.63) is 52.5 Å². The van der Waals surface area contributed by atoms with Crippen molar-refractivity contribution in [2.45, 2.75) is 18.7 Å². The minimum atomic E-state index is -3.95. The Labute approximate surface area is 152 Å². The van der Waals surface area contributed by atoms with Crippen LogP contribution in [0, 0.1) is 13.8 Å². The monoisotopic (exact) mass is 382 g/mol. The molecule has 25 heavy (non-hydrogen) atoms. The molecule has 0 saturated carbocycles. The third-order valence-corrected chi connectivity index (χ3v) is 5.00. The van der Waals surface area contributed by atoms with Crippen molar-refractivity contribution in [2.75, 3.05) is 19.0 Å². The SMILES string of the molecule is COc1ccc(Cl)cc1S(=O)(=O)NCC(=O)Nc1cc(C)cc(C)c1. The van der Waals surface area contributed by atoms with Gasteiger partial charge in [-0.3, -0.25) is 4.79 Å². The molecule has 0 aliphatic rings. The molecule has 0 spiro atoms. The summed E-state index contributed by atoms with van der Waals surface area (Å²) in [6, 6.07) is 9.83. The maximum atomic E-state index is 12.4. The third kappa shape index (κ3) is 5.19. The summed E-state index contributed by atoms with van der Waals surface area (Å²) in [6.07, 6.45) is 0. The highest BCUT2D eigenvalue weighted by Gasteiger charge is 2.21. The van der Waals surface area contributed by atoms with Gasteiger partial charge in [0, 0.05) is 10.7 Å². The third-order valence-electron chi connectivity index (χ3n) is 3.34. The molecule has 0 bridgehead atoms. The fraction of sp³-hybridized carbons (Fsp3) is 0.235. The number of carbonyl (C=O) groups excluding carboxylic acids is 1. The molecular weight excluding hydrogens is 364 g/mol. The molecule has 0 radical (unpaired) electrons. The smallest absolute Gasteiger partial charge is 0.244 e. The number of rotatable bonds is 6. The first-order valence-corrected chi connectivity index (χ1v) is 9.29. The van der Waals surface area contributed by atoms with E-state index >= 15 is 0 Å². The quantitative estimate of drug-likeness (QED) is 0.804. The fourth-order valence-corrected chi connectivity index (χ4v) is 3.76. The number of sulfonamides is 1. The normalized spacial score (nSPS) is 11.2. The number of hydrogen-bond donors (Lipinski definition) is 2. The van der Waals surface area contributed by atoms with Gasteiger partial charge in [-0.15, -0.1) is 0 Å². The van der Waals surface area contributed by atoms with E-state index in [4.69, 9.17) is 16.3 Å². The molecule has 2 aromatic carbocycles. The zero-order chi connectivity index (χ0) is 18.6. The molecule has 2 N–H and O–H groups in total. The van der Waals surface area contributed by atoms with E-state index in [1.54, 1.807) is 12.1 Å². The van der Waals surface area contributed by atoms with Crippen LogP contribution in [-0.4, -0.2) is 28.0 Å². The summed E-state index contributed by atoms with van der Waals surface area (Å²) in [5.74, 6) is -0.332. The Hall–Kier alpha value is -2.09. The van der Waals surface area contributed by atoms with Crippen molar-refractivity contribution in [3.63, 3.8) is 0 Å². The molecule has 134 valence electrons. The predicted molar refractivity (Wildman–Crippen MR) is 97.7 cm³/mol. The van der Waals surface area contributed by atoms with E-state index in [0.717, 1.165) is 11.1 Å². The Kier molecular flexibility index (Phi) is 6.05. The lowest BCUT2D eigenvalue weighted by molar-refractivity contribution is -0.115. The number of methoxy groups -OCH3 is 1. The molecule has 0 unspecified atom stereocenters. The number of carbonyl (C=O) groups is 1. The molecule has 0 aromatic heterocycles. The lowest BCUT2D eigenvalue weighted by Crippen LogP contribution is -2.33. The van der Waals surface area contributed by atoms with Crippen LogP contribution < -0.4 is 14.8 Å². The second-order valence-corrected chi connectivity index (χ2v) is 7.72. The first-order chi connectivity index (χ1) is 11.7. The Bertz CT molecular complexity index is 877. The van der Waals surface area contributed by atoms with Crippen LogP contribution in [0.4, 0.5) is 5.69 Å². The average Bonchev–Trinajstić information content (AvgIpc) is 2.52. The number of halogens is 1.